The molecule has 0 aromatic heterocycles. The van der Waals surface area contributed by atoms with Gasteiger partial charge in [0.15, 0.2) is 0 Å². The molecule has 0 saturated carbocycles. The highest BCUT2D eigenvalue weighted by Crippen LogP contribution is 2.21. The van der Waals surface area contributed by atoms with Gasteiger partial charge >= 0.3 is 0 Å². The Morgan fingerprint density at radius 1 is 0.939 bits per heavy atom. The first-order valence-electron chi connectivity index (χ1n) is 10.9. The number of carbonyl (C=O) groups is 2. The SMILES string of the molecule is COc1cccc(C(=O)Nc2ccc(CN(CC(C)(C)CN)C(=O)c3ccccc3)cc2)c1. The fourth-order valence-corrected chi connectivity index (χ4v) is 3.43. The lowest BCUT2D eigenvalue weighted by Crippen LogP contribution is -2.41. The van der Waals surface area contributed by atoms with Crippen molar-refractivity contribution in [3.8, 4) is 5.75 Å². The number of anilines is 1. The Kier molecular flexibility index (Phi) is 7.85. The molecule has 0 heterocycles. The first-order chi connectivity index (χ1) is 15.8. The summed E-state index contributed by atoms with van der Waals surface area (Å²) in [6, 6.07) is 23.8. The lowest BCUT2D eigenvalue weighted by Gasteiger charge is -2.32. The van der Waals surface area contributed by atoms with Gasteiger partial charge in [0.05, 0.1) is 7.11 Å². The number of nitrogens with two attached hydrogens (primary N) is 1. The zero-order valence-electron chi connectivity index (χ0n) is 19.4. The fourth-order valence-electron chi connectivity index (χ4n) is 3.43. The van der Waals surface area contributed by atoms with Crippen LogP contribution in [0.2, 0.25) is 0 Å². The van der Waals surface area contributed by atoms with Crippen LogP contribution in [0.4, 0.5) is 5.69 Å². The van der Waals surface area contributed by atoms with Gasteiger partial charge in [0.1, 0.15) is 5.75 Å². The zero-order valence-corrected chi connectivity index (χ0v) is 19.4. The number of nitrogens with zero attached hydrogens (tertiary/aromatic N) is 1. The summed E-state index contributed by atoms with van der Waals surface area (Å²) in [5.41, 5.74) is 8.52. The summed E-state index contributed by atoms with van der Waals surface area (Å²) in [5, 5.41) is 2.89. The fraction of sp³-hybridized carbons (Fsp3) is 0.259. The zero-order chi connectivity index (χ0) is 23.8. The highest BCUT2D eigenvalue weighted by Gasteiger charge is 2.24. The lowest BCUT2D eigenvalue weighted by atomic mass is 9.92. The number of benzene rings is 3. The number of nitrogens with one attached hydrogen (secondary N) is 1. The molecule has 3 rings (SSSR count). The van der Waals surface area contributed by atoms with Gasteiger partial charge in [-0.3, -0.25) is 9.59 Å². The molecule has 0 unspecified atom stereocenters. The van der Waals surface area contributed by atoms with Gasteiger partial charge in [0, 0.05) is 29.9 Å². The van der Waals surface area contributed by atoms with Crippen LogP contribution < -0.4 is 15.8 Å². The summed E-state index contributed by atoms with van der Waals surface area (Å²) in [5.74, 6) is 0.376. The third-order valence-electron chi connectivity index (χ3n) is 5.40. The third kappa shape index (κ3) is 6.67. The summed E-state index contributed by atoms with van der Waals surface area (Å²) in [6.45, 7) is 5.55. The van der Waals surface area contributed by atoms with E-state index in [4.69, 9.17) is 10.5 Å². The van der Waals surface area contributed by atoms with Crippen LogP contribution in [-0.2, 0) is 6.54 Å². The molecule has 0 spiro atoms. The van der Waals surface area contributed by atoms with Crippen LogP contribution in [0.15, 0.2) is 78.9 Å². The predicted molar refractivity (Wildman–Crippen MR) is 131 cm³/mol. The minimum absolute atomic E-state index is 0.0347. The molecule has 6 heteroatoms. The van der Waals surface area contributed by atoms with Gasteiger partial charge < -0.3 is 20.7 Å². The molecular formula is C27H31N3O3. The van der Waals surface area contributed by atoms with Gasteiger partial charge in [-0.05, 0) is 60.0 Å². The van der Waals surface area contributed by atoms with E-state index in [2.05, 4.69) is 19.2 Å². The number of hydrogen-bond acceptors (Lipinski definition) is 4. The van der Waals surface area contributed by atoms with Crippen molar-refractivity contribution in [3.05, 3.63) is 95.6 Å². The standard InChI is InChI=1S/C27H31N3O3/c1-27(2,18-28)19-30(26(32)21-8-5-4-6-9-21)17-20-12-14-23(15-13-20)29-25(31)22-10-7-11-24(16-22)33-3/h4-16H,17-19,28H2,1-3H3,(H,29,31). The molecule has 0 fully saturated rings. The van der Waals surface area contributed by atoms with E-state index in [1.807, 2.05) is 59.5 Å². The van der Waals surface area contributed by atoms with Crippen LogP contribution in [-0.4, -0.2) is 36.9 Å². The van der Waals surface area contributed by atoms with E-state index in [1.165, 1.54) is 0 Å². The molecule has 3 aromatic rings. The minimum Gasteiger partial charge on any atom is -0.497 e. The van der Waals surface area contributed by atoms with Gasteiger partial charge in [-0.1, -0.05) is 50.2 Å². The van der Waals surface area contributed by atoms with Crippen molar-refractivity contribution < 1.29 is 14.3 Å². The first kappa shape index (κ1) is 24.0. The maximum atomic E-state index is 13.2. The molecule has 0 aliphatic carbocycles. The Labute approximate surface area is 195 Å². The Morgan fingerprint density at radius 3 is 2.24 bits per heavy atom. The summed E-state index contributed by atoms with van der Waals surface area (Å²) in [6.07, 6.45) is 0. The van der Waals surface area contributed by atoms with E-state index < -0.39 is 0 Å². The van der Waals surface area contributed by atoms with Crippen molar-refractivity contribution in [2.24, 2.45) is 11.1 Å². The van der Waals surface area contributed by atoms with Crippen LogP contribution in [0.1, 0.15) is 40.1 Å². The maximum Gasteiger partial charge on any atom is 0.255 e. The van der Waals surface area contributed by atoms with E-state index in [0.717, 1.165) is 5.56 Å². The van der Waals surface area contributed by atoms with Crippen molar-refractivity contribution >= 4 is 17.5 Å². The molecule has 172 valence electrons. The van der Waals surface area contributed by atoms with Crippen LogP contribution in [0.3, 0.4) is 0 Å². The van der Waals surface area contributed by atoms with Crippen LogP contribution >= 0.6 is 0 Å². The highest BCUT2D eigenvalue weighted by atomic mass is 16.5. The van der Waals surface area contributed by atoms with Gasteiger partial charge in [-0.15, -0.1) is 0 Å². The molecule has 0 bridgehead atoms. The van der Waals surface area contributed by atoms with E-state index in [0.29, 0.717) is 42.2 Å². The Balaban J connectivity index is 1.73. The van der Waals surface area contributed by atoms with Gasteiger partial charge in [-0.2, -0.15) is 0 Å². The Hall–Kier alpha value is -3.64. The highest BCUT2D eigenvalue weighted by molar-refractivity contribution is 6.04. The average Bonchev–Trinajstić information content (AvgIpc) is 2.84. The van der Waals surface area contributed by atoms with Crippen molar-refractivity contribution in [1.29, 1.82) is 0 Å². The largest absolute Gasteiger partial charge is 0.497 e. The van der Waals surface area contributed by atoms with Crippen LogP contribution in [0, 0.1) is 5.41 Å². The van der Waals surface area contributed by atoms with E-state index in [1.54, 1.807) is 31.4 Å². The second kappa shape index (κ2) is 10.8. The van der Waals surface area contributed by atoms with Crippen LogP contribution in [0.25, 0.3) is 0 Å². The second-order valence-corrected chi connectivity index (χ2v) is 8.78. The van der Waals surface area contributed by atoms with Crippen molar-refractivity contribution in [1.82, 2.24) is 4.90 Å². The molecule has 3 N–H and O–H groups in total. The third-order valence-corrected chi connectivity index (χ3v) is 5.40. The maximum absolute atomic E-state index is 13.2. The summed E-state index contributed by atoms with van der Waals surface area (Å²) in [4.78, 5) is 27.6. The predicted octanol–water partition coefficient (Wildman–Crippen LogP) is 4.57. The number of carbonyl (C=O) groups excluding carboxylic acids is 2. The number of hydrogen-bond donors (Lipinski definition) is 2. The number of amides is 2. The Morgan fingerprint density at radius 2 is 1.61 bits per heavy atom. The van der Waals surface area contributed by atoms with Gasteiger partial charge in [-0.25, -0.2) is 0 Å². The van der Waals surface area contributed by atoms with Crippen LogP contribution in [0.5, 0.6) is 5.75 Å². The molecule has 2 amide bonds. The van der Waals surface area contributed by atoms with Crippen molar-refractivity contribution in [2.45, 2.75) is 20.4 Å². The molecule has 3 aromatic carbocycles. The smallest absolute Gasteiger partial charge is 0.255 e. The first-order valence-corrected chi connectivity index (χ1v) is 10.9. The Bertz CT molecular complexity index is 1080. The van der Waals surface area contributed by atoms with Gasteiger partial charge in [0.25, 0.3) is 11.8 Å². The van der Waals surface area contributed by atoms with Crippen molar-refractivity contribution in [3.63, 3.8) is 0 Å². The summed E-state index contributed by atoms with van der Waals surface area (Å²) >= 11 is 0. The van der Waals surface area contributed by atoms with Crippen molar-refractivity contribution in [2.75, 3.05) is 25.5 Å². The van der Waals surface area contributed by atoms with E-state index >= 15 is 0 Å². The second-order valence-electron chi connectivity index (χ2n) is 8.78. The monoisotopic (exact) mass is 445 g/mol. The molecule has 0 atom stereocenters. The molecule has 0 saturated heterocycles. The molecule has 0 radical (unpaired) electrons. The minimum atomic E-state index is -0.216. The summed E-state index contributed by atoms with van der Waals surface area (Å²) in [7, 11) is 1.57. The lowest BCUT2D eigenvalue weighted by molar-refractivity contribution is 0.0673. The van der Waals surface area contributed by atoms with E-state index in [9.17, 15) is 9.59 Å². The molecule has 0 aliphatic heterocycles. The molecular weight excluding hydrogens is 414 g/mol. The number of methoxy groups -OCH3 is 1. The average molecular weight is 446 g/mol. The molecule has 33 heavy (non-hydrogen) atoms. The number of ether oxygens (including phenoxy) is 1. The van der Waals surface area contributed by atoms with Gasteiger partial charge in [0.2, 0.25) is 0 Å². The molecule has 0 aliphatic rings. The topological polar surface area (TPSA) is 84.7 Å². The molecule has 6 nitrogen and oxygen atoms in total. The number of rotatable bonds is 9. The summed E-state index contributed by atoms with van der Waals surface area (Å²) < 4.78 is 5.18. The normalized spacial score (nSPS) is 11.0. The van der Waals surface area contributed by atoms with E-state index in [-0.39, 0.29) is 17.2 Å². The quantitative estimate of drug-likeness (QED) is 0.505.